The summed E-state index contributed by atoms with van der Waals surface area (Å²) in [5.74, 6) is 0.904. The quantitative estimate of drug-likeness (QED) is 0.273. The molecule has 1 saturated heterocycles. The van der Waals surface area contributed by atoms with Gasteiger partial charge in [0.2, 0.25) is 0 Å². The zero-order chi connectivity index (χ0) is 17.9. The lowest BCUT2D eigenvalue weighted by Gasteiger charge is -2.35. The number of guanidine groups is 1. The summed E-state index contributed by atoms with van der Waals surface area (Å²) in [5.41, 5.74) is 0. The van der Waals surface area contributed by atoms with E-state index in [1.165, 1.54) is 32.1 Å². The van der Waals surface area contributed by atoms with Crippen LogP contribution in [0, 0.1) is 0 Å². The Labute approximate surface area is 174 Å². The summed E-state index contributed by atoms with van der Waals surface area (Å²) in [7, 11) is 1.80. The number of hydrogen-bond acceptors (Lipinski definition) is 4. The van der Waals surface area contributed by atoms with Gasteiger partial charge in [0.05, 0.1) is 12.7 Å². The number of hydrogen-bond donors (Lipinski definition) is 1. The minimum absolute atomic E-state index is 0. The van der Waals surface area contributed by atoms with E-state index >= 15 is 0 Å². The largest absolute Gasteiger partial charge is 0.450 e. The molecule has 1 aliphatic carbocycles. The fraction of sp³-hybridized carbons (Fsp3) is 0.889. The number of carbonyl (C=O) groups is 1. The fourth-order valence-electron chi connectivity index (χ4n) is 3.40. The van der Waals surface area contributed by atoms with E-state index in [0.29, 0.717) is 25.8 Å². The number of aliphatic imine (C=N–C) groups is 1. The minimum atomic E-state index is -0.218. The summed E-state index contributed by atoms with van der Waals surface area (Å²) >= 11 is 0. The van der Waals surface area contributed by atoms with E-state index in [4.69, 9.17) is 9.47 Å². The van der Waals surface area contributed by atoms with Crippen molar-refractivity contribution in [3.05, 3.63) is 0 Å². The molecule has 1 amide bonds. The van der Waals surface area contributed by atoms with Gasteiger partial charge in [-0.3, -0.25) is 4.99 Å². The molecule has 1 heterocycles. The fourth-order valence-corrected chi connectivity index (χ4v) is 3.40. The number of nitrogens with zero attached hydrogens (tertiary/aromatic N) is 3. The van der Waals surface area contributed by atoms with Gasteiger partial charge < -0.3 is 24.6 Å². The molecule has 0 aromatic rings. The third-order valence-electron chi connectivity index (χ3n) is 4.83. The van der Waals surface area contributed by atoms with Crippen molar-refractivity contribution >= 4 is 36.0 Å². The molecule has 0 spiro atoms. The first-order valence-electron chi connectivity index (χ1n) is 9.73. The number of ether oxygens (including phenoxy) is 2. The number of halogens is 1. The highest BCUT2D eigenvalue weighted by Gasteiger charge is 2.23. The molecule has 0 atom stereocenters. The third kappa shape index (κ3) is 7.85. The first-order chi connectivity index (χ1) is 12.2. The smallest absolute Gasteiger partial charge is 0.409 e. The van der Waals surface area contributed by atoms with Crippen LogP contribution in [0.5, 0.6) is 0 Å². The van der Waals surface area contributed by atoms with Gasteiger partial charge in [0, 0.05) is 46.4 Å². The van der Waals surface area contributed by atoms with Crippen LogP contribution < -0.4 is 5.32 Å². The molecule has 7 nitrogen and oxygen atoms in total. The molecule has 2 rings (SSSR count). The lowest BCUT2D eigenvalue weighted by molar-refractivity contribution is 0.0276. The predicted octanol–water partition coefficient (Wildman–Crippen LogP) is 2.69. The van der Waals surface area contributed by atoms with Crippen molar-refractivity contribution < 1.29 is 14.3 Å². The van der Waals surface area contributed by atoms with E-state index in [9.17, 15) is 4.79 Å². The van der Waals surface area contributed by atoms with Crippen molar-refractivity contribution in [2.75, 3.05) is 53.0 Å². The lowest BCUT2D eigenvalue weighted by Crippen LogP contribution is -2.54. The number of piperazine rings is 1. The zero-order valence-electron chi connectivity index (χ0n) is 16.2. The molecule has 26 heavy (non-hydrogen) atoms. The van der Waals surface area contributed by atoms with Gasteiger partial charge in [-0.2, -0.15) is 0 Å². The maximum Gasteiger partial charge on any atom is 0.409 e. The van der Waals surface area contributed by atoms with Crippen molar-refractivity contribution in [3.8, 4) is 0 Å². The van der Waals surface area contributed by atoms with Crippen LogP contribution in [0.1, 0.15) is 45.4 Å². The monoisotopic (exact) mass is 482 g/mol. The highest BCUT2D eigenvalue weighted by molar-refractivity contribution is 14.0. The normalized spacial score (nSPS) is 19.1. The Kier molecular flexibility index (Phi) is 12.0. The number of nitrogens with one attached hydrogen (secondary N) is 1. The third-order valence-corrected chi connectivity index (χ3v) is 4.83. The lowest BCUT2D eigenvalue weighted by atomic mass is 9.98. The van der Waals surface area contributed by atoms with Crippen LogP contribution in [-0.2, 0) is 9.47 Å². The van der Waals surface area contributed by atoms with Crippen LogP contribution in [0.15, 0.2) is 4.99 Å². The van der Waals surface area contributed by atoms with Gasteiger partial charge in [-0.1, -0.05) is 19.3 Å². The van der Waals surface area contributed by atoms with E-state index < -0.39 is 0 Å². The van der Waals surface area contributed by atoms with Gasteiger partial charge in [0.1, 0.15) is 0 Å². The molecule has 0 unspecified atom stereocenters. The Hall–Kier alpha value is -0.770. The zero-order valence-corrected chi connectivity index (χ0v) is 18.6. The Bertz CT molecular complexity index is 423. The van der Waals surface area contributed by atoms with Crippen LogP contribution >= 0.6 is 24.0 Å². The number of amides is 1. The summed E-state index contributed by atoms with van der Waals surface area (Å²) < 4.78 is 11.0. The molecule has 2 aliphatic rings. The first-order valence-corrected chi connectivity index (χ1v) is 9.73. The second-order valence-electron chi connectivity index (χ2n) is 6.63. The summed E-state index contributed by atoms with van der Waals surface area (Å²) in [6.07, 6.45) is 7.67. The first kappa shape index (κ1) is 23.3. The van der Waals surface area contributed by atoms with E-state index in [2.05, 4.69) is 15.2 Å². The number of carbonyl (C=O) groups excluding carboxylic acids is 1. The summed E-state index contributed by atoms with van der Waals surface area (Å²) in [6.45, 7) is 6.81. The minimum Gasteiger partial charge on any atom is -0.450 e. The maximum absolute atomic E-state index is 11.7. The topological polar surface area (TPSA) is 66.4 Å². The van der Waals surface area contributed by atoms with E-state index in [1.54, 1.807) is 11.9 Å². The molecule has 8 heteroatoms. The highest BCUT2D eigenvalue weighted by atomic mass is 127. The van der Waals surface area contributed by atoms with Gasteiger partial charge in [-0.25, -0.2) is 4.79 Å². The van der Waals surface area contributed by atoms with Crippen LogP contribution in [0.2, 0.25) is 0 Å². The van der Waals surface area contributed by atoms with E-state index in [1.807, 2.05) is 6.92 Å². The van der Waals surface area contributed by atoms with Crippen molar-refractivity contribution in [1.29, 1.82) is 0 Å². The van der Waals surface area contributed by atoms with Gasteiger partial charge in [0.15, 0.2) is 5.96 Å². The average Bonchev–Trinajstić information content (AvgIpc) is 2.66. The van der Waals surface area contributed by atoms with Crippen molar-refractivity contribution in [2.24, 2.45) is 4.99 Å². The summed E-state index contributed by atoms with van der Waals surface area (Å²) in [5, 5.41) is 3.41. The van der Waals surface area contributed by atoms with Gasteiger partial charge in [-0.15, -0.1) is 24.0 Å². The van der Waals surface area contributed by atoms with Crippen LogP contribution in [0.3, 0.4) is 0 Å². The second kappa shape index (κ2) is 13.4. The summed E-state index contributed by atoms with van der Waals surface area (Å²) in [4.78, 5) is 20.1. The second-order valence-corrected chi connectivity index (χ2v) is 6.63. The molecular formula is C18H35IN4O3. The van der Waals surface area contributed by atoms with Crippen LogP contribution in [0.25, 0.3) is 0 Å². The van der Waals surface area contributed by atoms with E-state index in [0.717, 1.165) is 38.6 Å². The Morgan fingerprint density at radius 1 is 1.12 bits per heavy atom. The molecule has 1 N–H and O–H groups in total. The molecular weight excluding hydrogens is 447 g/mol. The Balaban J connectivity index is 0.00000338. The molecule has 2 fully saturated rings. The Morgan fingerprint density at radius 3 is 2.38 bits per heavy atom. The molecule has 0 aromatic heterocycles. The van der Waals surface area contributed by atoms with Crippen LogP contribution in [-0.4, -0.2) is 80.9 Å². The molecule has 152 valence electrons. The van der Waals surface area contributed by atoms with Crippen molar-refractivity contribution in [1.82, 2.24) is 15.1 Å². The standard InChI is InChI=1S/C18H34N4O3.HI/c1-3-24-18(23)22-13-11-21(12-14-22)17(19-2)20-10-7-15-25-16-8-5-4-6-9-16;/h16H,3-15H2,1-2H3,(H,19,20);1H. The SMILES string of the molecule is CCOC(=O)N1CCN(C(=NC)NCCCOC2CCCCC2)CC1.I. The summed E-state index contributed by atoms with van der Waals surface area (Å²) in [6, 6.07) is 0. The van der Waals surface area contributed by atoms with Gasteiger partial charge in [-0.05, 0) is 26.2 Å². The van der Waals surface area contributed by atoms with Gasteiger partial charge in [0.25, 0.3) is 0 Å². The molecule has 0 aromatic carbocycles. The van der Waals surface area contributed by atoms with Crippen molar-refractivity contribution in [3.63, 3.8) is 0 Å². The Morgan fingerprint density at radius 2 is 1.77 bits per heavy atom. The molecule has 1 saturated carbocycles. The van der Waals surface area contributed by atoms with E-state index in [-0.39, 0.29) is 30.1 Å². The van der Waals surface area contributed by atoms with Crippen LogP contribution in [0.4, 0.5) is 4.79 Å². The average molecular weight is 482 g/mol. The number of rotatable bonds is 6. The highest BCUT2D eigenvalue weighted by Crippen LogP contribution is 2.20. The predicted molar refractivity (Wildman–Crippen MR) is 114 cm³/mol. The maximum atomic E-state index is 11.7. The molecule has 0 radical (unpaired) electrons. The van der Waals surface area contributed by atoms with Crippen molar-refractivity contribution in [2.45, 2.75) is 51.6 Å². The van der Waals surface area contributed by atoms with Gasteiger partial charge >= 0.3 is 6.09 Å². The molecule has 1 aliphatic heterocycles. The molecule has 0 bridgehead atoms.